The standard InChI is InChI=1S/C23H18N4O2/c28-22(16-8-2-1-3-9-16)26-21-13-7-5-11-19(21)23(29)27-24-15-18-14-17-10-4-6-12-20(17)25-18/h1-15,25H,(H,26,28)(H,27,29)/b24-15+. The third kappa shape index (κ3) is 4.22. The molecule has 6 nitrogen and oxygen atoms in total. The van der Waals surface area contributed by atoms with Crippen molar-refractivity contribution in [3.05, 3.63) is 102 Å². The fourth-order valence-electron chi connectivity index (χ4n) is 2.96. The summed E-state index contributed by atoms with van der Waals surface area (Å²) in [6, 6.07) is 25.4. The first-order valence-electron chi connectivity index (χ1n) is 9.07. The SMILES string of the molecule is O=C(Nc1ccccc1C(=O)N/N=C/c1cc2ccccc2[nH]1)c1ccccc1. The Bertz CT molecular complexity index is 1160. The third-order valence-corrected chi connectivity index (χ3v) is 4.38. The number of benzene rings is 3. The minimum atomic E-state index is -0.415. The molecule has 4 aromatic rings. The lowest BCUT2D eigenvalue weighted by Gasteiger charge is -2.10. The summed E-state index contributed by atoms with van der Waals surface area (Å²) in [6.45, 7) is 0. The van der Waals surface area contributed by atoms with E-state index in [1.165, 1.54) is 0 Å². The van der Waals surface area contributed by atoms with Crippen LogP contribution in [0.4, 0.5) is 5.69 Å². The first-order chi connectivity index (χ1) is 14.2. The van der Waals surface area contributed by atoms with E-state index < -0.39 is 5.91 Å². The Morgan fingerprint density at radius 1 is 0.828 bits per heavy atom. The zero-order valence-electron chi connectivity index (χ0n) is 15.4. The van der Waals surface area contributed by atoms with E-state index in [0.29, 0.717) is 16.8 Å². The molecule has 3 aromatic carbocycles. The number of nitrogens with zero attached hydrogens (tertiary/aromatic N) is 1. The van der Waals surface area contributed by atoms with Crippen molar-refractivity contribution < 1.29 is 9.59 Å². The molecule has 29 heavy (non-hydrogen) atoms. The number of H-pyrrole nitrogens is 1. The molecule has 0 saturated heterocycles. The summed E-state index contributed by atoms with van der Waals surface area (Å²) in [6.07, 6.45) is 1.54. The number of carbonyl (C=O) groups is 2. The monoisotopic (exact) mass is 382 g/mol. The lowest BCUT2D eigenvalue weighted by Crippen LogP contribution is -2.21. The van der Waals surface area contributed by atoms with Gasteiger partial charge in [0.1, 0.15) is 0 Å². The van der Waals surface area contributed by atoms with Crippen molar-refractivity contribution in [3.8, 4) is 0 Å². The second-order valence-electron chi connectivity index (χ2n) is 6.38. The number of anilines is 1. The van der Waals surface area contributed by atoms with E-state index in [-0.39, 0.29) is 5.91 Å². The van der Waals surface area contributed by atoms with Crippen molar-refractivity contribution in [2.75, 3.05) is 5.32 Å². The largest absolute Gasteiger partial charge is 0.354 e. The van der Waals surface area contributed by atoms with E-state index in [1.807, 2.05) is 36.4 Å². The van der Waals surface area contributed by atoms with Gasteiger partial charge in [0.15, 0.2) is 0 Å². The summed E-state index contributed by atoms with van der Waals surface area (Å²) in [4.78, 5) is 28.2. The molecule has 0 fully saturated rings. The molecule has 2 amide bonds. The number of para-hydroxylation sites is 2. The minimum Gasteiger partial charge on any atom is -0.354 e. The zero-order chi connectivity index (χ0) is 20.1. The number of rotatable bonds is 5. The highest BCUT2D eigenvalue weighted by Gasteiger charge is 2.13. The van der Waals surface area contributed by atoms with Crippen LogP contribution >= 0.6 is 0 Å². The average Bonchev–Trinajstić information content (AvgIpc) is 3.17. The normalized spacial score (nSPS) is 10.9. The molecule has 4 rings (SSSR count). The van der Waals surface area contributed by atoms with Crippen LogP contribution in [0.15, 0.2) is 90.0 Å². The van der Waals surface area contributed by atoms with Gasteiger partial charge in [0.2, 0.25) is 0 Å². The predicted octanol–water partition coefficient (Wildman–Crippen LogP) is 4.18. The molecule has 0 spiro atoms. The van der Waals surface area contributed by atoms with E-state index in [0.717, 1.165) is 16.6 Å². The van der Waals surface area contributed by atoms with Gasteiger partial charge in [0.05, 0.1) is 23.2 Å². The van der Waals surface area contributed by atoms with E-state index in [1.54, 1.807) is 54.7 Å². The van der Waals surface area contributed by atoms with Gasteiger partial charge in [-0.25, -0.2) is 5.43 Å². The first kappa shape index (κ1) is 18.2. The van der Waals surface area contributed by atoms with Crippen LogP contribution in [0, 0.1) is 0 Å². The van der Waals surface area contributed by atoms with Gasteiger partial charge in [0, 0.05) is 16.5 Å². The third-order valence-electron chi connectivity index (χ3n) is 4.38. The van der Waals surface area contributed by atoms with Crippen LogP contribution in [0.5, 0.6) is 0 Å². The molecule has 0 aliphatic carbocycles. The Morgan fingerprint density at radius 3 is 2.38 bits per heavy atom. The lowest BCUT2D eigenvalue weighted by molar-refractivity contribution is 0.0956. The fraction of sp³-hybridized carbons (Fsp3) is 0. The Balaban J connectivity index is 1.46. The van der Waals surface area contributed by atoms with Crippen LogP contribution in [0.25, 0.3) is 10.9 Å². The van der Waals surface area contributed by atoms with Crippen molar-refractivity contribution in [2.45, 2.75) is 0 Å². The highest BCUT2D eigenvalue weighted by atomic mass is 16.2. The molecule has 0 atom stereocenters. The van der Waals surface area contributed by atoms with Crippen molar-refractivity contribution in [1.29, 1.82) is 0 Å². The van der Waals surface area contributed by atoms with Crippen molar-refractivity contribution in [3.63, 3.8) is 0 Å². The first-order valence-corrected chi connectivity index (χ1v) is 9.07. The van der Waals surface area contributed by atoms with Crippen LogP contribution in [0.1, 0.15) is 26.4 Å². The maximum atomic E-state index is 12.6. The molecular weight excluding hydrogens is 364 g/mol. The van der Waals surface area contributed by atoms with Gasteiger partial charge in [-0.1, -0.05) is 48.5 Å². The van der Waals surface area contributed by atoms with Gasteiger partial charge in [-0.3, -0.25) is 9.59 Å². The molecule has 0 radical (unpaired) electrons. The topological polar surface area (TPSA) is 86.3 Å². The maximum absolute atomic E-state index is 12.6. The maximum Gasteiger partial charge on any atom is 0.273 e. The fourth-order valence-corrected chi connectivity index (χ4v) is 2.96. The molecular formula is C23H18N4O2. The van der Waals surface area contributed by atoms with E-state index in [9.17, 15) is 9.59 Å². The lowest BCUT2D eigenvalue weighted by atomic mass is 10.1. The van der Waals surface area contributed by atoms with Gasteiger partial charge in [-0.15, -0.1) is 0 Å². The number of fused-ring (bicyclic) bond motifs is 1. The molecule has 0 aliphatic heterocycles. The van der Waals surface area contributed by atoms with Gasteiger partial charge >= 0.3 is 0 Å². The highest BCUT2D eigenvalue weighted by molar-refractivity contribution is 6.09. The van der Waals surface area contributed by atoms with Crippen LogP contribution in [0.3, 0.4) is 0 Å². The molecule has 142 valence electrons. The van der Waals surface area contributed by atoms with Crippen molar-refractivity contribution >= 4 is 34.6 Å². The van der Waals surface area contributed by atoms with Crippen LogP contribution in [-0.4, -0.2) is 23.0 Å². The minimum absolute atomic E-state index is 0.285. The Kier molecular flexibility index (Phi) is 5.16. The number of hydrogen-bond donors (Lipinski definition) is 3. The van der Waals surface area contributed by atoms with Crippen LogP contribution in [-0.2, 0) is 0 Å². The van der Waals surface area contributed by atoms with E-state index >= 15 is 0 Å². The molecule has 0 saturated carbocycles. The van der Waals surface area contributed by atoms with Crippen LogP contribution in [0.2, 0.25) is 0 Å². The zero-order valence-corrected chi connectivity index (χ0v) is 15.4. The number of carbonyl (C=O) groups excluding carboxylic acids is 2. The number of nitrogens with one attached hydrogen (secondary N) is 3. The summed E-state index contributed by atoms with van der Waals surface area (Å²) < 4.78 is 0. The number of hydrazone groups is 1. The van der Waals surface area contributed by atoms with E-state index in [4.69, 9.17) is 0 Å². The number of amides is 2. The highest BCUT2D eigenvalue weighted by Crippen LogP contribution is 2.17. The summed E-state index contributed by atoms with van der Waals surface area (Å²) in [5.74, 6) is -0.700. The Hall–Kier alpha value is -4.19. The predicted molar refractivity (Wildman–Crippen MR) is 114 cm³/mol. The number of aromatic nitrogens is 1. The number of hydrogen-bond acceptors (Lipinski definition) is 3. The summed E-state index contributed by atoms with van der Waals surface area (Å²) in [5, 5.41) is 7.86. The molecule has 0 unspecified atom stereocenters. The van der Waals surface area contributed by atoms with Gasteiger partial charge < -0.3 is 10.3 Å². The molecule has 3 N–H and O–H groups in total. The molecule has 1 aromatic heterocycles. The molecule has 1 heterocycles. The second kappa shape index (κ2) is 8.22. The van der Waals surface area contributed by atoms with Gasteiger partial charge in [0.25, 0.3) is 11.8 Å². The van der Waals surface area contributed by atoms with Crippen molar-refractivity contribution in [1.82, 2.24) is 10.4 Å². The van der Waals surface area contributed by atoms with Gasteiger partial charge in [-0.2, -0.15) is 5.10 Å². The van der Waals surface area contributed by atoms with Gasteiger partial charge in [-0.05, 0) is 36.4 Å². The van der Waals surface area contributed by atoms with Crippen molar-refractivity contribution in [2.24, 2.45) is 5.10 Å². The summed E-state index contributed by atoms with van der Waals surface area (Å²) in [5.41, 5.74) is 5.53. The quantitative estimate of drug-likeness (QED) is 0.357. The second-order valence-corrected chi connectivity index (χ2v) is 6.38. The molecule has 6 heteroatoms. The van der Waals surface area contributed by atoms with E-state index in [2.05, 4.69) is 20.8 Å². The number of aromatic amines is 1. The van der Waals surface area contributed by atoms with Crippen LogP contribution < -0.4 is 10.7 Å². The molecule has 0 bridgehead atoms. The Morgan fingerprint density at radius 2 is 1.55 bits per heavy atom. The summed E-state index contributed by atoms with van der Waals surface area (Å²) in [7, 11) is 0. The average molecular weight is 382 g/mol. The molecule has 0 aliphatic rings. The smallest absolute Gasteiger partial charge is 0.273 e. The Labute approximate surface area is 167 Å². The summed E-state index contributed by atoms with van der Waals surface area (Å²) >= 11 is 0.